The molecule has 2 unspecified atom stereocenters. The van der Waals surface area contributed by atoms with Gasteiger partial charge in [-0.25, -0.2) is 5.09 Å². The highest BCUT2D eigenvalue weighted by atomic mass is 35.7. The SMILES string of the molecule is CC(C)OC(=O)C(C)NP(Cl)Oc1ccc(CN)cc1. The van der Waals surface area contributed by atoms with E-state index in [1.165, 1.54) is 0 Å². The van der Waals surface area contributed by atoms with Gasteiger partial charge in [-0.05, 0) is 49.7 Å². The van der Waals surface area contributed by atoms with E-state index in [9.17, 15) is 4.79 Å². The summed E-state index contributed by atoms with van der Waals surface area (Å²) in [6.07, 6.45) is -0.155. The third kappa shape index (κ3) is 6.06. The van der Waals surface area contributed by atoms with E-state index >= 15 is 0 Å². The van der Waals surface area contributed by atoms with Crippen molar-refractivity contribution < 1.29 is 14.1 Å². The van der Waals surface area contributed by atoms with Crippen molar-refractivity contribution in [2.24, 2.45) is 5.73 Å². The maximum atomic E-state index is 11.6. The van der Waals surface area contributed by atoms with Crippen molar-refractivity contribution >= 4 is 24.9 Å². The van der Waals surface area contributed by atoms with Gasteiger partial charge < -0.3 is 15.0 Å². The zero-order chi connectivity index (χ0) is 15.1. The van der Waals surface area contributed by atoms with E-state index in [2.05, 4.69) is 5.09 Å². The van der Waals surface area contributed by atoms with Crippen LogP contribution in [0.15, 0.2) is 24.3 Å². The first-order valence-electron chi connectivity index (χ1n) is 6.32. The third-order valence-electron chi connectivity index (χ3n) is 2.35. The number of halogens is 1. The lowest BCUT2D eigenvalue weighted by Gasteiger charge is -2.18. The summed E-state index contributed by atoms with van der Waals surface area (Å²) in [5, 5.41) is 2.87. The van der Waals surface area contributed by atoms with Crippen molar-refractivity contribution in [3.05, 3.63) is 29.8 Å². The molecule has 0 heterocycles. The summed E-state index contributed by atoms with van der Waals surface area (Å²) in [7, 11) is -1.48. The molecule has 20 heavy (non-hydrogen) atoms. The number of hydrogen-bond acceptors (Lipinski definition) is 5. The molecule has 0 radical (unpaired) electrons. The summed E-state index contributed by atoms with van der Waals surface area (Å²) >= 11 is 6.06. The molecule has 1 rings (SSSR count). The van der Waals surface area contributed by atoms with E-state index in [4.69, 9.17) is 26.2 Å². The number of esters is 1. The fourth-order valence-corrected chi connectivity index (χ4v) is 2.79. The molecule has 7 heteroatoms. The Bertz CT molecular complexity index is 428. The Balaban J connectivity index is 2.45. The maximum absolute atomic E-state index is 11.6. The lowest BCUT2D eigenvalue weighted by Crippen LogP contribution is -2.33. The second-order valence-electron chi connectivity index (χ2n) is 4.52. The van der Waals surface area contributed by atoms with Gasteiger partial charge in [-0.1, -0.05) is 12.1 Å². The van der Waals surface area contributed by atoms with Crippen LogP contribution in [0.1, 0.15) is 26.3 Å². The summed E-state index contributed by atoms with van der Waals surface area (Å²) in [4.78, 5) is 11.6. The second kappa shape index (κ2) is 8.42. The molecule has 0 saturated carbocycles. The predicted molar refractivity (Wildman–Crippen MR) is 81.6 cm³/mol. The molecular weight excluding hydrogens is 299 g/mol. The van der Waals surface area contributed by atoms with Crippen LogP contribution < -0.4 is 15.3 Å². The van der Waals surface area contributed by atoms with Gasteiger partial charge in [0.2, 0.25) is 0 Å². The van der Waals surface area contributed by atoms with Crippen molar-refractivity contribution in [3.63, 3.8) is 0 Å². The number of carbonyl (C=O) groups excluding carboxylic acids is 1. The van der Waals surface area contributed by atoms with Crippen molar-refractivity contribution in [3.8, 4) is 5.75 Å². The van der Waals surface area contributed by atoms with Gasteiger partial charge in [-0.15, -0.1) is 0 Å². The van der Waals surface area contributed by atoms with Crippen LogP contribution in [0.3, 0.4) is 0 Å². The highest BCUT2D eigenvalue weighted by Crippen LogP contribution is 2.39. The van der Waals surface area contributed by atoms with Gasteiger partial charge in [0, 0.05) is 6.54 Å². The average molecular weight is 319 g/mol. The number of nitrogens with two attached hydrogens (primary N) is 1. The molecule has 0 aliphatic carbocycles. The van der Waals surface area contributed by atoms with E-state index in [0.717, 1.165) is 5.56 Å². The van der Waals surface area contributed by atoms with Crippen molar-refractivity contribution in [1.29, 1.82) is 0 Å². The Morgan fingerprint density at radius 3 is 2.45 bits per heavy atom. The summed E-state index contributed by atoms with van der Waals surface area (Å²) in [5.74, 6) is 0.274. The molecule has 0 spiro atoms. The molecule has 1 aromatic rings. The quantitative estimate of drug-likeness (QED) is 0.597. The van der Waals surface area contributed by atoms with Gasteiger partial charge in [0.1, 0.15) is 11.8 Å². The summed E-state index contributed by atoms with van der Waals surface area (Å²) < 4.78 is 10.6. The highest BCUT2D eigenvalue weighted by molar-refractivity contribution is 7.78. The number of carbonyl (C=O) groups is 1. The predicted octanol–water partition coefficient (Wildman–Crippen LogP) is 2.92. The van der Waals surface area contributed by atoms with Crippen molar-refractivity contribution in [2.75, 3.05) is 0 Å². The van der Waals surface area contributed by atoms with Crippen LogP contribution in [-0.2, 0) is 16.1 Å². The Hall–Kier alpha value is -0.870. The minimum atomic E-state index is -1.48. The monoisotopic (exact) mass is 318 g/mol. The Morgan fingerprint density at radius 2 is 1.95 bits per heavy atom. The van der Waals surface area contributed by atoms with Crippen LogP contribution in [0.2, 0.25) is 0 Å². The lowest BCUT2D eigenvalue weighted by molar-refractivity contribution is -0.148. The van der Waals surface area contributed by atoms with Gasteiger partial charge in [0.05, 0.1) is 6.10 Å². The Morgan fingerprint density at radius 1 is 1.35 bits per heavy atom. The number of hydrogen-bond donors (Lipinski definition) is 2. The van der Waals surface area contributed by atoms with E-state index in [0.29, 0.717) is 12.3 Å². The van der Waals surface area contributed by atoms with Gasteiger partial charge in [0.15, 0.2) is 0 Å². The zero-order valence-corrected chi connectivity index (χ0v) is 13.4. The number of nitrogens with one attached hydrogen (secondary N) is 1. The first-order chi connectivity index (χ1) is 9.42. The van der Waals surface area contributed by atoms with Gasteiger partial charge in [-0.2, -0.15) is 0 Å². The molecule has 0 bridgehead atoms. The smallest absolute Gasteiger partial charge is 0.323 e. The number of ether oxygens (including phenoxy) is 1. The summed E-state index contributed by atoms with van der Waals surface area (Å²) in [5.41, 5.74) is 6.53. The van der Waals surface area contributed by atoms with Crippen LogP contribution in [0.25, 0.3) is 0 Å². The van der Waals surface area contributed by atoms with Gasteiger partial charge >= 0.3 is 5.97 Å². The van der Waals surface area contributed by atoms with Crippen LogP contribution in [0, 0.1) is 0 Å². The van der Waals surface area contributed by atoms with E-state index < -0.39 is 13.7 Å². The maximum Gasteiger partial charge on any atom is 0.323 e. The number of benzene rings is 1. The minimum Gasteiger partial charge on any atom is -0.462 e. The van der Waals surface area contributed by atoms with Crippen molar-refractivity contribution in [2.45, 2.75) is 39.5 Å². The minimum absolute atomic E-state index is 0.155. The fraction of sp³-hybridized carbons (Fsp3) is 0.462. The van der Waals surface area contributed by atoms with Crippen LogP contribution in [-0.4, -0.2) is 18.1 Å². The number of rotatable bonds is 7. The molecule has 1 aromatic carbocycles. The van der Waals surface area contributed by atoms with E-state index in [1.54, 1.807) is 32.9 Å². The average Bonchev–Trinajstić information content (AvgIpc) is 2.38. The standard InChI is InChI=1S/C13H20ClN2O3P/c1-9(2)18-13(17)10(3)16-20(14)19-12-6-4-11(8-15)5-7-12/h4-7,9-10,16H,8,15H2,1-3H3. The molecule has 0 aliphatic heterocycles. The molecular formula is C13H20ClN2O3P. The van der Waals surface area contributed by atoms with Crippen LogP contribution >= 0.6 is 18.9 Å². The zero-order valence-electron chi connectivity index (χ0n) is 11.8. The van der Waals surface area contributed by atoms with Crippen molar-refractivity contribution in [1.82, 2.24) is 5.09 Å². The molecule has 0 aliphatic rings. The molecule has 112 valence electrons. The first-order valence-corrected chi connectivity index (χ1v) is 8.48. The molecule has 0 amide bonds. The second-order valence-corrected chi connectivity index (χ2v) is 6.37. The molecule has 3 N–H and O–H groups in total. The summed E-state index contributed by atoms with van der Waals surface area (Å²) in [6, 6.07) is 6.79. The normalized spacial score (nSPS) is 13.9. The molecule has 5 nitrogen and oxygen atoms in total. The third-order valence-corrected chi connectivity index (χ3v) is 3.81. The molecule has 0 aromatic heterocycles. The van der Waals surface area contributed by atoms with E-state index in [1.807, 2.05) is 12.1 Å². The lowest BCUT2D eigenvalue weighted by atomic mass is 10.2. The van der Waals surface area contributed by atoms with E-state index in [-0.39, 0.29) is 12.1 Å². The van der Waals surface area contributed by atoms with Gasteiger partial charge in [0.25, 0.3) is 7.65 Å². The first kappa shape index (κ1) is 17.2. The Kier molecular flexibility index (Phi) is 7.24. The fourth-order valence-electron chi connectivity index (χ4n) is 1.34. The molecule has 0 saturated heterocycles. The molecule has 2 atom stereocenters. The highest BCUT2D eigenvalue weighted by Gasteiger charge is 2.20. The summed E-state index contributed by atoms with van der Waals surface area (Å²) in [6.45, 7) is 5.75. The topological polar surface area (TPSA) is 73.6 Å². The Labute approximate surface area is 125 Å². The van der Waals surface area contributed by atoms with Crippen LogP contribution in [0.5, 0.6) is 5.75 Å². The van der Waals surface area contributed by atoms with Crippen LogP contribution in [0.4, 0.5) is 0 Å². The largest absolute Gasteiger partial charge is 0.462 e. The van der Waals surface area contributed by atoms with Gasteiger partial charge in [-0.3, -0.25) is 4.79 Å². The molecule has 0 fully saturated rings.